The molecule has 3 rings (SSSR count). The maximum absolute atomic E-state index is 13.9. The van der Waals surface area contributed by atoms with E-state index in [1.54, 1.807) is 17.0 Å². The Labute approximate surface area is 249 Å². The lowest BCUT2D eigenvalue weighted by Gasteiger charge is -2.33. The molecule has 9 heteroatoms. The van der Waals surface area contributed by atoms with Crippen LogP contribution in [0.4, 0.5) is 5.69 Å². The minimum absolute atomic E-state index is 0.0595. The highest BCUT2D eigenvalue weighted by Crippen LogP contribution is 2.23. The number of nitrogens with one attached hydrogen (secondary N) is 1. The lowest BCUT2D eigenvalue weighted by atomic mass is 10.0. The molecule has 0 radical (unpaired) electrons. The second kappa shape index (κ2) is 15.0. The van der Waals surface area contributed by atoms with Crippen molar-refractivity contribution in [3.05, 3.63) is 101 Å². The van der Waals surface area contributed by atoms with Crippen LogP contribution in [0.1, 0.15) is 49.8 Å². The van der Waals surface area contributed by atoms with Crippen molar-refractivity contribution in [2.24, 2.45) is 0 Å². The monoisotopic (exact) mass is 597 g/mol. The molecule has 3 aromatic rings. The second-order valence-electron chi connectivity index (χ2n) is 10.4. The van der Waals surface area contributed by atoms with E-state index in [4.69, 9.17) is 11.6 Å². The molecule has 7 nitrogen and oxygen atoms in total. The fourth-order valence-electron chi connectivity index (χ4n) is 4.59. The molecule has 0 bridgehead atoms. The summed E-state index contributed by atoms with van der Waals surface area (Å²) in [5.41, 5.74) is 3.16. The molecule has 0 aliphatic carbocycles. The Morgan fingerprint density at radius 1 is 0.976 bits per heavy atom. The summed E-state index contributed by atoms with van der Waals surface area (Å²) in [5.74, 6) is -0.482. The SMILES string of the molecule is CC[C@H](C)NC(=O)[C@@H](Cc1ccccc1)N(Cc1ccccc1Cl)C(=O)CCCN(c1cccc(C)c1)S(C)(=O)=O. The van der Waals surface area contributed by atoms with Crippen LogP contribution in [0.25, 0.3) is 0 Å². The molecule has 0 heterocycles. The van der Waals surface area contributed by atoms with Gasteiger partial charge in [-0.1, -0.05) is 79.2 Å². The number of aryl methyl sites for hydroxylation is 1. The Bertz CT molecular complexity index is 1420. The van der Waals surface area contributed by atoms with Gasteiger partial charge in [0.1, 0.15) is 6.04 Å². The van der Waals surface area contributed by atoms with Crippen LogP contribution in [0, 0.1) is 6.92 Å². The van der Waals surface area contributed by atoms with E-state index in [-0.39, 0.29) is 43.8 Å². The van der Waals surface area contributed by atoms with Crippen molar-refractivity contribution in [1.29, 1.82) is 0 Å². The van der Waals surface area contributed by atoms with Gasteiger partial charge in [0.05, 0.1) is 11.9 Å². The molecule has 0 unspecified atom stereocenters. The van der Waals surface area contributed by atoms with Crippen LogP contribution in [0.3, 0.4) is 0 Å². The molecule has 0 saturated heterocycles. The smallest absolute Gasteiger partial charge is 0.243 e. The topological polar surface area (TPSA) is 86.8 Å². The van der Waals surface area contributed by atoms with Crippen LogP contribution in [0.5, 0.6) is 0 Å². The minimum Gasteiger partial charge on any atom is -0.352 e. The molecule has 0 aromatic heterocycles. The minimum atomic E-state index is -3.57. The number of sulfonamides is 1. The molecule has 0 aliphatic heterocycles. The number of nitrogens with zero attached hydrogens (tertiary/aromatic N) is 2. The number of hydrogen-bond donors (Lipinski definition) is 1. The van der Waals surface area contributed by atoms with E-state index >= 15 is 0 Å². The Morgan fingerprint density at radius 2 is 1.66 bits per heavy atom. The van der Waals surface area contributed by atoms with Gasteiger partial charge in [0.25, 0.3) is 0 Å². The summed E-state index contributed by atoms with van der Waals surface area (Å²) in [5, 5.41) is 3.56. The number of anilines is 1. The maximum Gasteiger partial charge on any atom is 0.243 e. The molecule has 0 fully saturated rings. The molecule has 3 aromatic carbocycles. The molecular formula is C32H40ClN3O4S. The molecule has 2 amide bonds. The van der Waals surface area contributed by atoms with Gasteiger partial charge in [-0.05, 0) is 61.6 Å². The number of amides is 2. The third-order valence-electron chi connectivity index (χ3n) is 7.01. The summed E-state index contributed by atoms with van der Waals surface area (Å²) in [6.07, 6.45) is 2.59. The van der Waals surface area contributed by atoms with E-state index in [0.717, 1.165) is 29.4 Å². The van der Waals surface area contributed by atoms with Gasteiger partial charge in [0.15, 0.2) is 0 Å². The zero-order valence-corrected chi connectivity index (χ0v) is 25.8. The Kier molecular flexibility index (Phi) is 11.8. The Hall–Kier alpha value is -3.36. The first-order chi connectivity index (χ1) is 19.5. The summed E-state index contributed by atoms with van der Waals surface area (Å²) in [4.78, 5) is 29.1. The standard InChI is InChI=1S/C32H40ClN3O4S/c1-5-25(3)34-32(38)30(22-26-14-7-6-8-15-26)35(23-27-16-9-10-18-29(27)33)31(37)19-12-20-36(41(4,39)40)28-17-11-13-24(2)21-28/h6-11,13-18,21,25,30H,5,12,19-20,22-23H2,1-4H3,(H,34,38)/t25-,30+/m0/s1. The van der Waals surface area contributed by atoms with E-state index in [1.807, 2.05) is 87.5 Å². The van der Waals surface area contributed by atoms with Crippen molar-refractivity contribution < 1.29 is 18.0 Å². The van der Waals surface area contributed by atoms with Crippen molar-refractivity contribution >= 4 is 39.1 Å². The molecule has 2 atom stereocenters. The predicted molar refractivity (Wildman–Crippen MR) is 166 cm³/mol. The highest BCUT2D eigenvalue weighted by atomic mass is 35.5. The van der Waals surface area contributed by atoms with Crippen LogP contribution in [0.2, 0.25) is 5.02 Å². The molecule has 220 valence electrons. The quantitative estimate of drug-likeness (QED) is 0.256. The molecule has 0 saturated carbocycles. The Balaban J connectivity index is 1.90. The number of hydrogen-bond acceptors (Lipinski definition) is 4. The highest BCUT2D eigenvalue weighted by Gasteiger charge is 2.31. The average Bonchev–Trinajstić information content (AvgIpc) is 2.93. The van der Waals surface area contributed by atoms with Gasteiger partial charge in [0.2, 0.25) is 21.8 Å². The average molecular weight is 598 g/mol. The molecule has 0 aliphatic rings. The van der Waals surface area contributed by atoms with Gasteiger partial charge in [-0.15, -0.1) is 0 Å². The molecule has 41 heavy (non-hydrogen) atoms. The van der Waals surface area contributed by atoms with Crippen LogP contribution < -0.4 is 9.62 Å². The van der Waals surface area contributed by atoms with E-state index < -0.39 is 16.1 Å². The number of carbonyl (C=O) groups is 2. The van der Waals surface area contributed by atoms with Crippen molar-refractivity contribution in [2.75, 3.05) is 17.1 Å². The summed E-state index contributed by atoms with van der Waals surface area (Å²) >= 11 is 6.49. The number of halogens is 1. The third-order valence-corrected chi connectivity index (χ3v) is 8.58. The molecule has 1 N–H and O–H groups in total. The van der Waals surface area contributed by atoms with Crippen LogP contribution >= 0.6 is 11.6 Å². The second-order valence-corrected chi connectivity index (χ2v) is 12.7. The van der Waals surface area contributed by atoms with Crippen LogP contribution in [-0.4, -0.2) is 50.0 Å². The van der Waals surface area contributed by atoms with Gasteiger partial charge in [0, 0.05) is 37.0 Å². The van der Waals surface area contributed by atoms with E-state index in [1.165, 1.54) is 4.31 Å². The number of carbonyl (C=O) groups excluding carboxylic acids is 2. The largest absolute Gasteiger partial charge is 0.352 e. The first-order valence-electron chi connectivity index (χ1n) is 13.9. The number of benzene rings is 3. The van der Waals surface area contributed by atoms with Gasteiger partial charge in [-0.25, -0.2) is 8.42 Å². The normalized spacial score (nSPS) is 12.8. The van der Waals surface area contributed by atoms with Gasteiger partial charge in [-0.3, -0.25) is 13.9 Å². The summed E-state index contributed by atoms with van der Waals surface area (Å²) in [6, 6.07) is 23.3. The molecular weight excluding hydrogens is 558 g/mol. The van der Waals surface area contributed by atoms with E-state index in [9.17, 15) is 18.0 Å². The number of rotatable bonds is 14. The predicted octanol–water partition coefficient (Wildman–Crippen LogP) is 5.75. The zero-order valence-electron chi connectivity index (χ0n) is 24.2. The molecule has 0 spiro atoms. The van der Waals surface area contributed by atoms with Crippen LogP contribution in [-0.2, 0) is 32.6 Å². The fourth-order valence-corrected chi connectivity index (χ4v) is 5.74. The first kappa shape index (κ1) is 32.2. The van der Waals surface area contributed by atoms with E-state index in [2.05, 4.69) is 5.32 Å². The summed E-state index contributed by atoms with van der Waals surface area (Å²) < 4.78 is 26.6. The van der Waals surface area contributed by atoms with Crippen LogP contribution in [0.15, 0.2) is 78.9 Å². The van der Waals surface area contributed by atoms with Crippen molar-refractivity contribution in [1.82, 2.24) is 10.2 Å². The third kappa shape index (κ3) is 9.61. The van der Waals surface area contributed by atoms with Crippen molar-refractivity contribution in [2.45, 2.75) is 65.1 Å². The van der Waals surface area contributed by atoms with Gasteiger partial charge in [-0.2, -0.15) is 0 Å². The summed E-state index contributed by atoms with van der Waals surface area (Å²) in [6.45, 7) is 6.11. The highest BCUT2D eigenvalue weighted by molar-refractivity contribution is 7.92. The maximum atomic E-state index is 13.9. The summed E-state index contributed by atoms with van der Waals surface area (Å²) in [7, 11) is -3.57. The van der Waals surface area contributed by atoms with Gasteiger partial charge < -0.3 is 10.2 Å². The lowest BCUT2D eigenvalue weighted by molar-refractivity contribution is -0.141. The van der Waals surface area contributed by atoms with Gasteiger partial charge >= 0.3 is 0 Å². The fraction of sp³-hybridized carbons (Fsp3) is 0.375. The Morgan fingerprint density at radius 3 is 2.29 bits per heavy atom. The zero-order chi connectivity index (χ0) is 30.0. The lowest BCUT2D eigenvalue weighted by Crippen LogP contribution is -2.52. The van der Waals surface area contributed by atoms with Crippen molar-refractivity contribution in [3.8, 4) is 0 Å². The first-order valence-corrected chi connectivity index (χ1v) is 16.1. The van der Waals surface area contributed by atoms with Crippen molar-refractivity contribution in [3.63, 3.8) is 0 Å². The van der Waals surface area contributed by atoms with E-state index in [0.29, 0.717) is 17.1 Å².